The van der Waals surface area contributed by atoms with E-state index < -0.39 is 0 Å². The van der Waals surface area contributed by atoms with E-state index in [9.17, 15) is 5.26 Å². The standard InChI is InChI=1S/C17H12N2S/c18-11-12-9-10-16(14-6-2-1-5-13(12)14)20-17-8-4-3-7-15(17)19/h1-10H,19H2. The van der Waals surface area contributed by atoms with Gasteiger partial charge < -0.3 is 5.73 Å². The maximum atomic E-state index is 9.18. The number of nitrogens with two attached hydrogens (primary N) is 1. The van der Waals surface area contributed by atoms with Crippen LogP contribution in [0.2, 0.25) is 0 Å². The molecule has 0 unspecified atom stereocenters. The molecule has 3 aromatic carbocycles. The lowest BCUT2D eigenvalue weighted by atomic mass is 10.1. The molecule has 3 aromatic rings. The molecule has 3 heteroatoms. The lowest BCUT2D eigenvalue weighted by Crippen LogP contribution is -1.88. The fourth-order valence-corrected chi connectivity index (χ4v) is 3.14. The molecule has 0 amide bonds. The molecule has 0 saturated carbocycles. The largest absolute Gasteiger partial charge is 0.398 e. The molecule has 3 rings (SSSR count). The van der Waals surface area contributed by atoms with E-state index in [1.54, 1.807) is 11.8 Å². The zero-order valence-corrected chi connectivity index (χ0v) is 11.5. The Labute approximate surface area is 121 Å². The van der Waals surface area contributed by atoms with Gasteiger partial charge in [0, 0.05) is 20.9 Å². The van der Waals surface area contributed by atoms with Crippen molar-refractivity contribution in [2.75, 3.05) is 5.73 Å². The number of fused-ring (bicyclic) bond motifs is 1. The Kier molecular flexibility index (Phi) is 3.32. The summed E-state index contributed by atoms with van der Waals surface area (Å²) in [4.78, 5) is 2.14. The highest BCUT2D eigenvalue weighted by molar-refractivity contribution is 7.99. The van der Waals surface area contributed by atoms with Crippen LogP contribution in [0.4, 0.5) is 5.69 Å². The average molecular weight is 276 g/mol. The van der Waals surface area contributed by atoms with E-state index in [0.717, 1.165) is 26.3 Å². The Morgan fingerprint density at radius 3 is 2.25 bits per heavy atom. The van der Waals surface area contributed by atoms with Gasteiger partial charge in [-0.2, -0.15) is 5.26 Å². The topological polar surface area (TPSA) is 49.8 Å². The fraction of sp³-hybridized carbons (Fsp3) is 0. The number of nitrogens with zero attached hydrogens (tertiary/aromatic N) is 1. The van der Waals surface area contributed by atoms with Gasteiger partial charge in [-0.3, -0.25) is 0 Å². The molecule has 0 atom stereocenters. The van der Waals surface area contributed by atoms with Gasteiger partial charge in [-0.1, -0.05) is 48.2 Å². The molecule has 0 aromatic heterocycles. The molecule has 0 bridgehead atoms. The van der Waals surface area contributed by atoms with Gasteiger partial charge in [0.05, 0.1) is 11.6 Å². The number of hydrogen-bond acceptors (Lipinski definition) is 3. The van der Waals surface area contributed by atoms with Crippen LogP contribution in [0.3, 0.4) is 0 Å². The molecule has 0 saturated heterocycles. The van der Waals surface area contributed by atoms with Crippen LogP contribution in [-0.4, -0.2) is 0 Å². The number of hydrogen-bond donors (Lipinski definition) is 1. The van der Waals surface area contributed by atoms with Gasteiger partial charge in [-0.15, -0.1) is 0 Å². The number of nitrogen functional groups attached to an aromatic ring is 1. The second kappa shape index (κ2) is 5.28. The van der Waals surface area contributed by atoms with Crippen molar-refractivity contribution >= 4 is 28.2 Å². The molecule has 0 heterocycles. The molecule has 0 aliphatic heterocycles. The smallest absolute Gasteiger partial charge is 0.0998 e. The number of rotatable bonds is 2. The monoisotopic (exact) mass is 276 g/mol. The molecule has 0 aliphatic rings. The number of benzene rings is 3. The Morgan fingerprint density at radius 2 is 1.50 bits per heavy atom. The third-order valence-corrected chi connectivity index (χ3v) is 4.31. The predicted octanol–water partition coefficient (Wildman–Crippen LogP) is 4.44. The van der Waals surface area contributed by atoms with E-state index in [2.05, 4.69) is 6.07 Å². The minimum absolute atomic E-state index is 0.700. The van der Waals surface area contributed by atoms with E-state index in [0.29, 0.717) is 5.56 Å². The summed E-state index contributed by atoms with van der Waals surface area (Å²) < 4.78 is 0. The number of nitriles is 1. The summed E-state index contributed by atoms with van der Waals surface area (Å²) in [6.45, 7) is 0. The lowest BCUT2D eigenvalue weighted by Gasteiger charge is -2.09. The highest BCUT2D eigenvalue weighted by Crippen LogP contribution is 2.37. The minimum Gasteiger partial charge on any atom is -0.398 e. The van der Waals surface area contributed by atoms with Gasteiger partial charge in [0.1, 0.15) is 0 Å². The summed E-state index contributed by atoms with van der Waals surface area (Å²) in [6.07, 6.45) is 0. The SMILES string of the molecule is N#Cc1ccc(Sc2ccccc2N)c2ccccc12. The van der Waals surface area contributed by atoms with Crippen LogP contribution in [0.5, 0.6) is 0 Å². The van der Waals surface area contributed by atoms with Crippen molar-refractivity contribution in [3.8, 4) is 6.07 Å². The maximum absolute atomic E-state index is 9.18. The highest BCUT2D eigenvalue weighted by atomic mass is 32.2. The first kappa shape index (κ1) is 12.6. The normalized spacial score (nSPS) is 10.3. The van der Waals surface area contributed by atoms with Gasteiger partial charge >= 0.3 is 0 Å². The van der Waals surface area contributed by atoms with E-state index in [1.807, 2.05) is 60.7 Å². The third-order valence-electron chi connectivity index (χ3n) is 3.14. The quantitative estimate of drug-likeness (QED) is 0.704. The highest BCUT2D eigenvalue weighted by Gasteiger charge is 2.08. The number of anilines is 1. The zero-order chi connectivity index (χ0) is 13.9. The lowest BCUT2D eigenvalue weighted by molar-refractivity contribution is 1.43. The van der Waals surface area contributed by atoms with Crippen molar-refractivity contribution < 1.29 is 0 Å². The molecule has 0 aliphatic carbocycles. The Balaban J connectivity index is 2.14. The van der Waals surface area contributed by atoms with Crippen LogP contribution >= 0.6 is 11.8 Å². The summed E-state index contributed by atoms with van der Waals surface area (Å²) >= 11 is 1.63. The van der Waals surface area contributed by atoms with Gasteiger partial charge in [0.2, 0.25) is 0 Å². The zero-order valence-electron chi connectivity index (χ0n) is 10.7. The second-order valence-electron chi connectivity index (χ2n) is 4.41. The van der Waals surface area contributed by atoms with Gasteiger partial charge in [-0.25, -0.2) is 0 Å². The minimum atomic E-state index is 0.700. The van der Waals surface area contributed by atoms with Crippen LogP contribution in [0.1, 0.15) is 5.56 Å². The summed E-state index contributed by atoms with van der Waals surface area (Å²) in [5, 5.41) is 11.2. The Bertz CT molecular complexity index is 819. The summed E-state index contributed by atoms with van der Waals surface area (Å²) in [6, 6.07) is 21.9. The van der Waals surface area contributed by atoms with E-state index in [1.165, 1.54) is 0 Å². The summed E-state index contributed by atoms with van der Waals surface area (Å²) in [5.41, 5.74) is 7.46. The first-order valence-electron chi connectivity index (χ1n) is 6.24. The Hall–Kier alpha value is -2.44. The molecule has 96 valence electrons. The van der Waals surface area contributed by atoms with Crippen molar-refractivity contribution in [2.45, 2.75) is 9.79 Å². The molecule has 0 fully saturated rings. The van der Waals surface area contributed by atoms with Crippen LogP contribution in [0.25, 0.3) is 10.8 Å². The van der Waals surface area contributed by atoms with Crippen LogP contribution in [-0.2, 0) is 0 Å². The van der Waals surface area contributed by atoms with Gasteiger partial charge in [-0.05, 0) is 29.7 Å². The summed E-state index contributed by atoms with van der Waals surface area (Å²) in [5.74, 6) is 0. The van der Waals surface area contributed by atoms with Gasteiger partial charge in [0.25, 0.3) is 0 Å². The molecule has 0 radical (unpaired) electrons. The maximum Gasteiger partial charge on any atom is 0.0998 e. The first-order valence-corrected chi connectivity index (χ1v) is 7.05. The van der Waals surface area contributed by atoms with Crippen molar-refractivity contribution in [3.63, 3.8) is 0 Å². The van der Waals surface area contributed by atoms with Crippen LogP contribution < -0.4 is 5.73 Å². The van der Waals surface area contributed by atoms with Crippen molar-refractivity contribution in [2.24, 2.45) is 0 Å². The molecular weight excluding hydrogens is 264 g/mol. The molecule has 2 N–H and O–H groups in total. The van der Waals surface area contributed by atoms with Crippen LogP contribution in [0, 0.1) is 11.3 Å². The predicted molar refractivity (Wildman–Crippen MR) is 83.6 cm³/mol. The molecule has 20 heavy (non-hydrogen) atoms. The van der Waals surface area contributed by atoms with Crippen molar-refractivity contribution in [1.82, 2.24) is 0 Å². The van der Waals surface area contributed by atoms with E-state index in [-0.39, 0.29) is 0 Å². The fourth-order valence-electron chi connectivity index (χ4n) is 2.15. The first-order chi connectivity index (χ1) is 9.79. The van der Waals surface area contributed by atoms with Crippen molar-refractivity contribution in [1.29, 1.82) is 5.26 Å². The number of para-hydroxylation sites is 1. The van der Waals surface area contributed by atoms with E-state index >= 15 is 0 Å². The van der Waals surface area contributed by atoms with E-state index in [4.69, 9.17) is 5.73 Å². The summed E-state index contributed by atoms with van der Waals surface area (Å²) in [7, 11) is 0. The second-order valence-corrected chi connectivity index (χ2v) is 5.49. The van der Waals surface area contributed by atoms with Crippen LogP contribution in [0.15, 0.2) is 70.5 Å². The van der Waals surface area contributed by atoms with Crippen molar-refractivity contribution in [3.05, 3.63) is 66.2 Å². The Morgan fingerprint density at radius 1 is 0.800 bits per heavy atom. The molecule has 0 spiro atoms. The third kappa shape index (κ3) is 2.22. The molecule has 2 nitrogen and oxygen atoms in total. The molecular formula is C17H12N2S. The average Bonchev–Trinajstić information content (AvgIpc) is 2.50. The van der Waals surface area contributed by atoms with Gasteiger partial charge in [0.15, 0.2) is 0 Å².